The fourth-order valence-corrected chi connectivity index (χ4v) is 2.45. The fraction of sp³-hybridized carbons (Fsp3) is 0.154. The normalized spacial score (nSPS) is 10.7. The van der Waals surface area contributed by atoms with Crippen molar-refractivity contribution in [3.63, 3.8) is 0 Å². The molecule has 90 valence electrons. The minimum absolute atomic E-state index is 0.887. The number of hydrogen-bond donors (Lipinski definition) is 0. The first-order valence-corrected chi connectivity index (χ1v) is 6.61. The minimum Gasteiger partial charge on any atom is -0.331 e. The van der Waals surface area contributed by atoms with Gasteiger partial charge in [0.25, 0.3) is 0 Å². The summed E-state index contributed by atoms with van der Waals surface area (Å²) >= 11 is 1.69. The molecule has 0 aromatic carbocycles. The van der Waals surface area contributed by atoms with Gasteiger partial charge in [-0.25, -0.2) is 9.97 Å². The molecule has 4 nitrogen and oxygen atoms in total. The lowest BCUT2D eigenvalue weighted by Crippen LogP contribution is -2.02. The molecule has 0 bridgehead atoms. The molecule has 0 saturated heterocycles. The molecular weight excluding hydrogens is 244 g/mol. The van der Waals surface area contributed by atoms with Crippen LogP contribution in [0.5, 0.6) is 0 Å². The number of imidazole rings is 1. The highest BCUT2D eigenvalue weighted by Crippen LogP contribution is 2.16. The number of aryl methyl sites for hydroxylation is 2. The molecule has 3 aromatic rings. The van der Waals surface area contributed by atoms with E-state index in [0.717, 1.165) is 29.4 Å². The second-order valence-electron chi connectivity index (χ2n) is 3.86. The van der Waals surface area contributed by atoms with Crippen molar-refractivity contribution in [2.45, 2.75) is 13.0 Å². The molecule has 0 atom stereocenters. The van der Waals surface area contributed by atoms with E-state index in [-0.39, 0.29) is 0 Å². The molecule has 3 heterocycles. The summed E-state index contributed by atoms with van der Waals surface area (Å²) in [6.07, 6.45) is 10.2. The highest BCUT2D eigenvalue weighted by Gasteiger charge is 2.06. The van der Waals surface area contributed by atoms with Gasteiger partial charge >= 0.3 is 0 Å². The summed E-state index contributed by atoms with van der Waals surface area (Å²) in [5.41, 5.74) is 1.04. The zero-order chi connectivity index (χ0) is 12.2. The Morgan fingerprint density at radius 2 is 2.17 bits per heavy atom. The van der Waals surface area contributed by atoms with Crippen LogP contribution in [-0.2, 0) is 13.0 Å². The van der Waals surface area contributed by atoms with Gasteiger partial charge in [0.05, 0.1) is 5.01 Å². The summed E-state index contributed by atoms with van der Waals surface area (Å²) in [4.78, 5) is 12.8. The Balaban J connectivity index is 1.80. The second-order valence-corrected chi connectivity index (χ2v) is 4.84. The fourth-order valence-electron chi connectivity index (χ4n) is 1.84. The Labute approximate surface area is 109 Å². The van der Waals surface area contributed by atoms with Crippen LogP contribution in [0.2, 0.25) is 0 Å². The largest absolute Gasteiger partial charge is 0.331 e. The van der Waals surface area contributed by atoms with Crippen molar-refractivity contribution in [3.8, 4) is 11.4 Å². The number of aromatic nitrogens is 4. The Morgan fingerprint density at radius 1 is 1.17 bits per heavy atom. The van der Waals surface area contributed by atoms with Gasteiger partial charge in [-0.1, -0.05) is 0 Å². The summed E-state index contributed by atoms with van der Waals surface area (Å²) in [5, 5.41) is 3.16. The molecule has 0 N–H and O–H groups in total. The van der Waals surface area contributed by atoms with Crippen LogP contribution in [0.4, 0.5) is 0 Å². The first-order chi connectivity index (χ1) is 8.93. The SMILES string of the molecule is c1cncc(-c2nccn2CCc2nccs2)c1. The summed E-state index contributed by atoms with van der Waals surface area (Å²) < 4.78 is 2.14. The molecule has 5 heteroatoms. The standard InChI is InChI=1S/C13H12N4S/c1-2-11(10-14-4-1)13-16-5-8-17(13)7-3-12-15-6-9-18-12/h1-2,4-6,8-10H,3,7H2. The van der Waals surface area contributed by atoms with Crippen LogP contribution in [0.1, 0.15) is 5.01 Å². The van der Waals surface area contributed by atoms with Crippen LogP contribution in [0, 0.1) is 0 Å². The van der Waals surface area contributed by atoms with Crippen molar-refractivity contribution >= 4 is 11.3 Å². The van der Waals surface area contributed by atoms with Gasteiger partial charge in [-0.15, -0.1) is 11.3 Å². The van der Waals surface area contributed by atoms with E-state index >= 15 is 0 Å². The van der Waals surface area contributed by atoms with E-state index in [2.05, 4.69) is 19.5 Å². The molecule has 0 unspecified atom stereocenters. The Kier molecular flexibility index (Phi) is 3.14. The highest BCUT2D eigenvalue weighted by molar-refractivity contribution is 7.09. The molecule has 3 aromatic heterocycles. The molecule has 18 heavy (non-hydrogen) atoms. The maximum Gasteiger partial charge on any atom is 0.141 e. The van der Waals surface area contributed by atoms with Crippen LogP contribution in [0.3, 0.4) is 0 Å². The number of thiazole rings is 1. The lowest BCUT2D eigenvalue weighted by Gasteiger charge is -2.06. The molecule has 0 spiro atoms. The molecule has 0 aliphatic carbocycles. The lowest BCUT2D eigenvalue weighted by molar-refractivity contribution is 0.700. The summed E-state index contributed by atoms with van der Waals surface area (Å²) in [6, 6.07) is 3.95. The summed E-state index contributed by atoms with van der Waals surface area (Å²) in [6.45, 7) is 0.887. The third-order valence-electron chi connectivity index (χ3n) is 2.69. The highest BCUT2D eigenvalue weighted by atomic mass is 32.1. The predicted octanol–water partition coefficient (Wildman–Crippen LogP) is 2.64. The van der Waals surface area contributed by atoms with Crippen LogP contribution >= 0.6 is 11.3 Å². The van der Waals surface area contributed by atoms with E-state index in [4.69, 9.17) is 0 Å². The van der Waals surface area contributed by atoms with Gasteiger partial charge in [0.1, 0.15) is 5.82 Å². The zero-order valence-electron chi connectivity index (χ0n) is 9.73. The molecule has 0 aliphatic heterocycles. The minimum atomic E-state index is 0.887. The molecule has 0 saturated carbocycles. The topological polar surface area (TPSA) is 43.6 Å². The second kappa shape index (κ2) is 5.10. The van der Waals surface area contributed by atoms with Crippen LogP contribution in [0.25, 0.3) is 11.4 Å². The Morgan fingerprint density at radius 3 is 2.94 bits per heavy atom. The Bertz CT molecular complexity index is 601. The van der Waals surface area contributed by atoms with Gasteiger partial charge in [-0.2, -0.15) is 0 Å². The van der Waals surface area contributed by atoms with E-state index in [1.165, 1.54) is 0 Å². The third-order valence-corrected chi connectivity index (χ3v) is 3.52. The average Bonchev–Trinajstić information content (AvgIpc) is 3.09. The molecule has 0 fully saturated rings. The van der Waals surface area contributed by atoms with Gasteiger partial charge in [0, 0.05) is 54.9 Å². The average molecular weight is 256 g/mol. The molecule has 0 amide bonds. The summed E-state index contributed by atoms with van der Waals surface area (Å²) in [5.74, 6) is 0.958. The number of pyridine rings is 1. The number of nitrogens with zero attached hydrogens (tertiary/aromatic N) is 4. The predicted molar refractivity (Wildman–Crippen MR) is 71.3 cm³/mol. The van der Waals surface area contributed by atoms with Gasteiger partial charge in [0.15, 0.2) is 0 Å². The summed E-state index contributed by atoms with van der Waals surface area (Å²) in [7, 11) is 0. The number of rotatable bonds is 4. The molecule has 0 aliphatic rings. The molecule has 3 rings (SSSR count). The van der Waals surface area contributed by atoms with Crippen LogP contribution in [-0.4, -0.2) is 19.5 Å². The number of hydrogen-bond acceptors (Lipinski definition) is 4. The Hall–Kier alpha value is -2.01. The van der Waals surface area contributed by atoms with Crippen LogP contribution in [0.15, 0.2) is 48.5 Å². The first-order valence-electron chi connectivity index (χ1n) is 5.73. The molecular formula is C13H12N4S. The zero-order valence-corrected chi connectivity index (χ0v) is 10.5. The van der Waals surface area contributed by atoms with Crippen molar-refractivity contribution in [1.29, 1.82) is 0 Å². The van der Waals surface area contributed by atoms with Gasteiger partial charge in [-0.3, -0.25) is 4.98 Å². The smallest absolute Gasteiger partial charge is 0.141 e. The quantitative estimate of drug-likeness (QED) is 0.720. The first kappa shape index (κ1) is 11.1. The lowest BCUT2D eigenvalue weighted by atomic mass is 10.2. The van der Waals surface area contributed by atoms with E-state index < -0.39 is 0 Å². The monoisotopic (exact) mass is 256 g/mol. The molecule has 0 radical (unpaired) electrons. The van der Waals surface area contributed by atoms with Crippen LogP contribution < -0.4 is 0 Å². The maximum absolute atomic E-state index is 4.39. The third kappa shape index (κ3) is 2.31. The van der Waals surface area contributed by atoms with Gasteiger partial charge in [-0.05, 0) is 12.1 Å². The van der Waals surface area contributed by atoms with Crippen molar-refractivity contribution < 1.29 is 0 Å². The van der Waals surface area contributed by atoms with E-state index in [0.29, 0.717) is 0 Å². The van der Waals surface area contributed by atoms with E-state index in [9.17, 15) is 0 Å². The van der Waals surface area contributed by atoms with Crippen molar-refractivity contribution in [3.05, 3.63) is 53.5 Å². The van der Waals surface area contributed by atoms with E-state index in [1.54, 1.807) is 17.5 Å². The van der Waals surface area contributed by atoms with Gasteiger partial charge in [0.2, 0.25) is 0 Å². The van der Waals surface area contributed by atoms with Crippen molar-refractivity contribution in [2.24, 2.45) is 0 Å². The maximum atomic E-state index is 4.39. The van der Waals surface area contributed by atoms with Crippen molar-refractivity contribution in [2.75, 3.05) is 0 Å². The van der Waals surface area contributed by atoms with Gasteiger partial charge < -0.3 is 4.57 Å². The van der Waals surface area contributed by atoms with E-state index in [1.807, 2.05) is 42.3 Å². The van der Waals surface area contributed by atoms with Crippen molar-refractivity contribution in [1.82, 2.24) is 19.5 Å².